The molecule has 1 fully saturated rings. The van der Waals surface area contributed by atoms with Crippen LogP contribution < -0.4 is 27.4 Å². The van der Waals surface area contributed by atoms with E-state index in [1.165, 1.54) is 4.58 Å². The van der Waals surface area contributed by atoms with Gasteiger partial charge in [-0.2, -0.15) is 0 Å². The fraction of sp³-hybridized carbons (Fsp3) is 0.471. The number of nitrogens with one attached hydrogen (secondary N) is 3. The number of hydrogen-bond donors (Lipinski definition) is 7. The lowest BCUT2D eigenvalue weighted by Crippen LogP contribution is -2.78. The molecule has 0 unspecified atom stereocenters. The van der Waals surface area contributed by atoms with Crippen molar-refractivity contribution in [1.29, 1.82) is 0 Å². The minimum Gasteiger partial charge on any atom is -0.437 e. The monoisotopic (exact) mass is 390 g/mol. The molecule has 1 saturated heterocycles. The van der Waals surface area contributed by atoms with Crippen LogP contribution in [0.2, 0.25) is 0 Å². The summed E-state index contributed by atoms with van der Waals surface area (Å²) in [5.41, 5.74) is 11.0. The summed E-state index contributed by atoms with van der Waals surface area (Å²) in [5.74, 6) is -2.22. The smallest absolute Gasteiger partial charge is 0.412 e. The van der Waals surface area contributed by atoms with E-state index in [0.29, 0.717) is 12.1 Å². The number of aliphatic hydroxyl groups is 2. The standard InChI is InChI=1S/C17H23N7O4/c1-2-10-12-16(23-13(18)22-12)17(26,27)11(8-24(16)14(19)21-10)28-15(25)20-9-6-4-3-5-7-9/h3-7,10-12,26-27H,2,8H2,1H3,(H6,18,19,20,21,22,23,25)/p+1/t10-,11-,12-,16-/m0/s1. The molecule has 4 atom stereocenters. The Labute approximate surface area is 161 Å². The molecule has 0 aliphatic carbocycles. The number of para-hydroxylation sites is 1. The number of ether oxygens (including phenoxy) is 1. The second kappa shape index (κ2) is 6.24. The van der Waals surface area contributed by atoms with Crippen molar-refractivity contribution in [2.75, 3.05) is 11.9 Å². The van der Waals surface area contributed by atoms with Crippen LogP contribution in [-0.2, 0) is 4.74 Å². The van der Waals surface area contributed by atoms with Crippen LogP contribution in [0.15, 0.2) is 35.3 Å². The molecule has 1 amide bonds. The summed E-state index contributed by atoms with van der Waals surface area (Å²) in [6.45, 7) is 1.86. The van der Waals surface area contributed by atoms with Crippen LogP contribution in [0, 0.1) is 0 Å². The van der Waals surface area contributed by atoms with Crippen LogP contribution in [0.4, 0.5) is 10.5 Å². The topological polar surface area (TPSA) is 170 Å². The molecule has 3 aliphatic heterocycles. The van der Waals surface area contributed by atoms with E-state index < -0.39 is 29.7 Å². The maximum absolute atomic E-state index is 12.3. The van der Waals surface area contributed by atoms with Crippen molar-refractivity contribution in [3.05, 3.63) is 30.3 Å². The summed E-state index contributed by atoms with van der Waals surface area (Å²) in [7, 11) is 0. The summed E-state index contributed by atoms with van der Waals surface area (Å²) in [6, 6.07) is 7.77. The van der Waals surface area contributed by atoms with E-state index in [2.05, 4.69) is 20.9 Å². The van der Waals surface area contributed by atoms with Gasteiger partial charge in [-0.1, -0.05) is 25.1 Å². The third-order valence-corrected chi connectivity index (χ3v) is 5.52. The van der Waals surface area contributed by atoms with Crippen LogP contribution >= 0.6 is 0 Å². The van der Waals surface area contributed by atoms with Gasteiger partial charge in [0, 0.05) is 5.69 Å². The zero-order valence-corrected chi connectivity index (χ0v) is 15.3. The number of rotatable bonds is 3. The minimum absolute atomic E-state index is 0.0588. The number of hydrogen-bond acceptors (Lipinski definition) is 9. The lowest BCUT2D eigenvalue weighted by molar-refractivity contribution is -0.623. The number of nitrogens with two attached hydrogens (primary N) is 2. The SMILES string of the molecule is CC[C@@H]1NC(N)=[N+]2C[C@H](OC(=O)Nc3ccccc3)C(O)(O)[C@@]23NC(N)=N[C@@H]13. The van der Waals surface area contributed by atoms with Gasteiger partial charge in [0.05, 0.1) is 0 Å². The molecule has 0 bridgehead atoms. The predicted octanol–water partition coefficient (Wildman–Crippen LogP) is -2.01. The summed E-state index contributed by atoms with van der Waals surface area (Å²) in [5, 5.41) is 30.7. The molecule has 0 aromatic heterocycles. The van der Waals surface area contributed by atoms with Gasteiger partial charge in [-0.15, -0.1) is 0 Å². The van der Waals surface area contributed by atoms with E-state index in [9.17, 15) is 15.0 Å². The maximum Gasteiger partial charge on any atom is 0.412 e. The number of anilines is 1. The van der Waals surface area contributed by atoms with Gasteiger partial charge < -0.3 is 26.0 Å². The average Bonchev–Trinajstić information content (AvgIpc) is 3.11. The third-order valence-electron chi connectivity index (χ3n) is 5.52. The fourth-order valence-corrected chi connectivity index (χ4v) is 4.22. The number of benzene rings is 1. The van der Waals surface area contributed by atoms with Gasteiger partial charge in [0.25, 0.3) is 5.79 Å². The van der Waals surface area contributed by atoms with Gasteiger partial charge in [-0.3, -0.25) is 16.4 Å². The highest BCUT2D eigenvalue weighted by Gasteiger charge is 2.75. The number of nitrogens with zero attached hydrogens (tertiary/aromatic N) is 2. The molecule has 0 radical (unpaired) electrons. The van der Waals surface area contributed by atoms with Crippen molar-refractivity contribution in [3.63, 3.8) is 0 Å². The van der Waals surface area contributed by atoms with Gasteiger partial charge in [-0.25, -0.2) is 14.4 Å². The molecule has 3 aliphatic rings. The van der Waals surface area contributed by atoms with E-state index >= 15 is 0 Å². The second-order valence-electron chi connectivity index (χ2n) is 7.12. The number of amides is 1. The molecule has 1 aromatic carbocycles. The molecule has 11 nitrogen and oxygen atoms in total. The van der Waals surface area contributed by atoms with Gasteiger partial charge in [-0.05, 0) is 18.6 Å². The molecule has 0 saturated carbocycles. The zero-order valence-electron chi connectivity index (χ0n) is 15.3. The van der Waals surface area contributed by atoms with E-state index in [1.54, 1.807) is 24.3 Å². The molecule has 150 valence electrons. The first-order valence-corrected chi connectivity index (χ1v) is 9.05. The van der Waals surface area contributed by atoms with E-state index in [-0.39, 0.29) is 24.5 Å². The Morgan fingerprint density at radius 1 is 1.39 bits per heavy atom. The Kier molecular flexibility index (Phi) is 4.08. The highest BCUT2D eigenvalue weighted by molar-refractivity contribution is 5.85. The molecule has 3 heterocycles. The van der Waals surface area contributed by atoms with Crippen molar-refractivity contribution in [3.8, 4) is 0 Å². The highest BCUT2D eigenvalue weighted by Crippen LogP contribution is 2.42. The predicted molar refractivity (Wildman–Crippen MR) is 100 cm³/mol. The summed E-state index contributed by atoms with van der Waals surface area (Å²) in [6.07, 6.45) is -1.50. The number of guanidine groups is 2. The van der Waals surface area contributed by atoms with Crippen LogP contribution in [0.3, 0.4) is 0 Å². The third kappa shape index (κ3) is 2.47. The van der Waals surface area contributed by atoms with Gasteiger partial charge in [0.1, 0.15) is 18.6 Å². The zero-order chi connectivity index (χ0) is 20.1. The first-order chi connectivity index (χ1) is 13.3. The first kappa shape index (κ1) is 18.3. The fourth-order valence-electron chi connectivity index (χ4n) is 4.22. The summed E-state index contributed by atoms with van der Waals surface area (Å²) in [4.78, 5) is 16.7. The maximum atomic E-state index is 12.3. The lowest BCUT2D eigenvalue weighted by atomic mass is 9.85. The molecular weight excluding hydrogens is 366 g/mol. The highest BCUT2D eigenvalue weighted by atomic mass is 16.6. The van der Waals surface area contributed by atoms with Gasteiger partial charge in [0.2, 0.25) is 5.66 Å². The normalized spacial score (nSPS) is 32.5. The van der Waals surface area contributed by atoms with Crippen molar-refractivity contribution in [2.24, 2.45) is 16.5 Å². The van der Waals surface area contributed by atoms with Crippen molar-refractivity contribution in [2.45, 2.75) is 43.0 Å². The summed E-state index contributed by atoms with van der Waals surface area (Å²) >= 11 is 0. The van der Waals surface area contributed by atoms with Crippen LogP contribution in [-0.4, -0.2) is 69.0 Å². The summed E-state index contributed by atoms with van der Waals surface area (Å²) < 4.78 is 6.87. The molecule has 9 N–H and O–H groups in total. The van der Waals surface area contributed by atoms with Crippen molar-refractivity contribution < 1.29 is 24.3 Å². The van der Waals surface area contributed by atoms with Crippen molar-refractivity contribution in [1.82, 2.24) is 10.6 Å². The van der Waals surface area contributed by atoms with Gasteiger partial charge in [0.15, 0.2) is 12.1 Å². The number of aliphatic imine (C=N–C) groups is 1. The molecule has 11 heteroatoms. The minimum atomic E-state index is -2.50. The van der Waals surface area contributed by atoms with Crippen LogP contribution in [0.25, 0.3) is 0 Å². The molecular formula is C17H24N7O4+. The Hall–Kier alpha value is -3.05. The molecule has 28 heavy (non-hydrogen) atoms. The Morgan fingerprint density at radius 3 is 2.79 bits per heavy atom. The van der Waals surface area contributed by atoms with E-state index in [4.69, 9.17) is 16.2 Å². The number of carbonyl (C=O) groups is 1. The Bertz CT molecular complexity index is 856. The van der Waals surface area contributed by atoms with Crippen LogP contribution in [0.1, 0.15) is 13.3 Å². The second-order valence-corrected chi connectivity index (χ2v) is 7.12. The lowest BCUT2D eigenvalue weighted by Gasteiger charge is -2.43. The first-order valence-electron chi connectivity index (χ1n) is 9.05. The van der Waals surface area contributed by atoms with Gasteiger partial charge >= 0.3 is 12.1 Å². The molecule has 1 aromatic rings. The molecule has 1 spiro atoms. The quantitative estimate of drug-likeness (QED) is 0.229. The van der Waals surface area contributed by atoms with Crippen LogP contribution in [0.5, 0.6) is 0 Å². The Balaban J connectivity index is 1.63. The number of carbonyl (C=O) groups excluding carboxylic acids is 1. The van der Waals surface area contributed by atoms with Crippen molar-refractivity contribution >= 4 is 23.7 Å². The Morgan fingerprint density at radius 2 is 2.11 bits per heavy atom. The van der Waals surface area contributed by atoms with E-state index in [1.807, 2.05) is 13.0 Å². The largest absolute Gasteiger partial charge is 0.437 e. The molecule has 4 rings (SSSR count). The van der Waals surface area contributed by atoms with E-state index in [0.717, 1.165) is 0 Å². The average molecular weight is 390 g/mol.